The van der Waals surface area contributed by atoms with Gasteiger partial charge in [-0.25, -0.2) is 14.7 Å². The molecule has 108 valence electrons. The molecule has 7 nitrogen and oxygen atoms in total. The van der Waals surface area contributed by atoms with Crippen molar-refractivity contribution in [3.05, 3.63) is 34.1 Å². The van der Waals surface area contributed by atoms with Gasteiger partial charge in [-0.3, -0.25) is 4.57 Å². The maximum Gasteiger partial charge on any atom is 0.373 e. The van der Waals surface area contributed by atoms with Crippen molar-refractivity contribution in [2.75, 3.05) is 7.11 Å². The number of rotatable bonds is 6. The van der Waals surface area contributed by atoms with Gasteiger partial charge in [-0.2, -0.15) is 0 Å². The maximum atomic E-state index is 11.5. The smallest absolute Gasteiger partial charge is 0.373 e. The molecule has 0 spiro atoms. The molecule has 0 fully saturated rings. The Morgan fingerprint density at radius 3 is 3.05 bits per heavy atom. The van der Waals surface area contributed by atoms with Crippen molar-refractivity contribution in [3.8, 4) is 0 Å². The highest BCUT2D eigenvalue weighted by molar-refractivity contribution is 7.98. The van der Waals surface area contributed by atoms with Gasteiger partial charge in [-0.15, -0.1) is 5.10 Å². The highest BCUT2D eigenvalue weighted by Crippen LogP contribution is 2.21. The van der Waals surface area contributed by atoms with Crippen LogP contribution in [0.1, 0.15) is 29.7 Å². The lowest BCUT2D eigenvalue weighted by molar-refractivity contribution is 0.0563. The molecule has 2 heterocycles. The number of furan rings is 1. The van der Waals surface area contributed by atoms with Gasteiger partial charge in [0, 0.05) is 6.54 Å². The molecular formula is C12H15N3O4S. The fourth-order valence-corrected chi connectivity index (χ4v) is 2.50. The number of thioether (sulfide) groups is 1. The Kier molecular flexibility index (Phi) is 4.67. The highest BCUT2D eigenvalue weighted by Gasteiger charge is 2.13. The van der Waals surface area contributed by atoms with Crippen LogP contribution >= 0.6 is 11.8 Å². The van der Waals surface area contributed by atoms with Gasteiger partial charge in [0.2, 0.25) is 5.76 Å². The van der Waals surface area contributed by atoms with Crippen LogP contribution in [0.2, 0.25) is 0 Å². The lowest BCUT2D eigenvalue weighted by Gasteiger charge is -2.02. The van der Waals surface area contributed by atoms with E-state index in [1.165, 1.54) is 18.9 Å². The van der Waals surface area contributed by atoms with Crippen LogP contribution in [0.4, 0.5) is 0 Å². The highest BCUT2D eigenvalue weighted by atomic mass is 32.2. The summed E-state index contributed by atoms with van der Waals surface area (Å²) in [5, 5.41) is 6.99. The Hall–Kier alpha value is -1.96. The maximum absolute atomic E-state index is 11.5. The third-order valence-electron chi connectivity index (χ3n) is 2.56. The molecule has 2 aromatic heterocycles. The van der Waals surface area contributed by atoms with E-state index < -0.39 is 5.97 Å². The summed E-state index contributed by atoms with van der Waals surface area (Å²) in [4.78, 5) is 22.8. The molecule has 0 amide bonds. The molecule has 2 rings (SSSR count). The van der Waals surface area contributed by atoms with Gasteiger partial charge in [-0.1, -0.05) is 18.7 Å². The van der Waals surface area contributed by atoms with Crippen molar-refractivity contribution in [3.63, 3.8) is 0 Å². The third kappa shape index (κ3) is 3.13. The number of ether oxygens (including phenoxy) is 1. The number of aromatic amines is 1. The largest absolute Gasteiger partial charge is 0.463 e. The van der Waals surface area contributed by atoms with E-state index in [4.69, 9.17) is 4.42 Å². The molecule has 0 bridgehead atoms. The third-order valence-corrected chi connectivity index (χ3v) is 3.56. The zero-order valence-corrected chi connectivity index (χ0v) is 12.0. The van der Waals surface area contributed by atoms with Crippen LogP contribution in [0.3, 0.4) is 0 Å². The average molecular weight is 297 g/mol. The van der Waals surface area contributed by atoms with Crippen molar-refractivity contribution in [1.82, 2.24) is 14.8 Å². The number of carbonyl (C=O) groups excluding carboxylic acids is 1. The van der Waals surface area contributed by atoms with E-state index in [9.17, 15) is 9.59 Å². The number of hydrogen-bond donors (Lipinski definition) is 1. The van der Waals surface area contributed by atoms with E-state index in [1.54, 1.807) is 16.7 Å². The van der Waals surface area contributed by atoms with E-state index in [0.717, 1.165) is 6.42 Å². The first-order valence-corrected chi connectivity index (χ1v) is 7.09. The summed E-state index contributed by atoms with van der Waals surface area (Å²) in [5.41, 5.74) is -0.218. The summed E-state index contributed by atoms with van der Waals surface area (Å²) >= 11 is 1.37. The van der Waals surface area contributed by atoms with Crippen LogP contribution in [0.5, 0.6) is 0 Å². The van der Waals surface area contributed by atoms with E-state index in [-0.39, 0.29) is 11.4 Å². The predicted octanol–water partition coefficient (Wildman–Crippen LogP) is 1.65. The Morgan fingerprint density at radius 2 is 2.35 bits per heavy atom. The van der Waals surface area contributed by atoms with Crippen LogP contribution in [-0.2, 0) is 17.0 Å². The van der Waals surface area contributed by atoms with E-state index in [0.29, 0.717) is 23.2 Å². The van der Waals surface area contributed by atoms with Gasteiger partial charge in [-0.05, 0) is 18.6 Å². The number of nitrogens with one attached hydrogen (secondary N) is 1. The van der Waals surface area contributed by atoms with Crippen LogP contribution in [0.25, 0.3) is 0 Å². The van der Waals surface area contributed by atoms with Crippen LogP contribution < -0.4 is 5.69 Å². The van der Waals surface area contributed by atoms with Gasteiger partial charge in [0.05, 0.1) is 12.9 Å². The molecule has 8 heteroatoms. The first-order valence-electron chi connectivity index (χ1n) is 6.10. The molecule has 0 radical (unpaired) electrons. The van der Waals surface area contributed by atoms with Crippen molar-refractivity contribution in [2.24, 2.45) is 0 Å². The molecule has 2 aromatic rings. The lowest BCUT2D eigenvalue weighted by atomic mass is 10.4. The quantitative estimate of drug-likeness (QED) is 0.644. The Labute approximate surface area is 119 Å². The first kappa shape index (κ1) is 14.4. The average Bonchev–Trinajstić information content (AvgIpc) is 3.05. The minimum atomic E-state index is -0.510. The number of esters is 1. The van der Waals surface area contributed by atoms with Crippen LogP contribution in [0, 0.1) is 0 Å². The van der Waals surface area contributed by atoms with Gasteiger partial charge in [0.15, 0.2) is 5.16 Å². The van der Waals surface area contributed by atoms with Crippen molar-refractivity contribution in [2.45, 2.75) is 30.8 Å². The topological polar surface area (TPSA) is 90.1 Å². The standard InChI is InChI=1S/C12H15N3O4S/c1-3-6-15-11(17)13-14-12(15)20-7-8-4-5-9(19-8)10(16)18-2/h4-5H,3,6-7H2,1-2H3,(H,13,17). The molecular weight excluding hydrogens is 282 g/mol. The summed E-state index contributed by atoms with van der Waals surface area (Å²) < 4.78 is 11.5. The van der Waals surface area contributed by atoms with Gasteiger partial charge in [0.1, 0.15) is 5.76 Å². The monoisotopic (exact) mass is 297 g/mol. The molecule has 0 aliphatic rings. The Balaban J connectivity index is 2.03. The SMILES string of the molecule is CCCn1c(SCc2ccc(C(=O)OC)o2)n[nH]c1=O. The summed E-state index contributed by atoms with van der Waals surface area (Å²) in [6.45, 7) is 2.60. The second-order valence-corrected chi connectivity index (χ2v) is 4.95. The molecule has 0 unspecified atom stereocenters. The minimum Gasteiger partial charge on any atom is -0.463 e. The summed E-state index contributed by atoms with van der Waals surface area (Å²) in [6.07, 6.45) is 0.847. The van der Waals surface area contributed by atoms with Crippen molar-refractivity contribution in [1.29, 1.82) is 0 Å². The number of carbonyl (C=O) groups is 1. The Morgan fingerprint density at radius 1 is 1.55 bits per heavy atom. The molecule has 0 aromatic carbocycles. The fraction of sp³-hybridized carbons (Fsp3) is 0.417. The molecule has 0 saturated carbocycles. The zero-order chi connectivity index (χ0) is 14.5. The molecule has 0 aliphatic heterocycles. The van der Waals surface area contributed by atoms with Crippen LogP contribution in [-0.4, -0.2) is 27.8 Å². The lowest BCUT2D eigenvalue weighted by Crippen LogP contribution is -2.17. The van der Waals surface area contributed by atoms with Crippen LogP contribution in [0.15, 0.2) is 26.5 Å². The number of aromatic nitrogens is 3. The Bertz CT molecular complexity index is 643. The minimum absolute atomic E-state index is 0.163. The fourth-order valence-electron chi connectivity index (χ4n) is 1.64. The van der Waals surface area contributed by atoms with E-state index >= 15 is 0 Å². The molecule has 0 saturated heterocycles. The number of hydrogen-bond acceptors (Lipinski definition) is 6. The van der Waals surface area contributed by atoms with Crippen molar-refractivity contribution >= 4 is 17.7 Å². The normalized spacial score (nSPS) is 10.7. The van der Waals surface area contributed by atoms with E-state index in [2.05, 4.69) is 14.9 Å². The first-order chi connectivity index (χ1) is 9.65. The predicted molar refractivity (Wildman–Crippen MR) is 72.7 cm³/mol. The van der Waals surface area contributed by atoms with Gasteiger partial charge >= 0.3 is 11.7 Å². The summed E-state index contributed by atoms with van der Waals surface area (Å²) in [7, 11) is 1.30. The van der Waals surface area contributed by atoms with E-state index in [1.807, 2.05) is 6.92 Å². The van der Waals surface area contributed by atoms with Gasteiger partial charge < -0.3 is 9.15 Å². The van der Waals surface area contributed by atoms with Gasteiger partial charge in [0.25, 0.3) is 0 Å². The van der Waals surface area contributed by atoms with Crippen molar-refractivity contribution < 1.29 is 13.9 Å². The number of methoxy groups -OCH3 is 1. The molecule has 20 heavy (non-hydrogen) atoms. The summed E-state index contributed by atoms with van der Waals surface area (Å²) in [6, 6.07) is 3.26. The summed E-state index contributed by atoms with van der Waals surface area (Å²) in [5.74, 6) is 0.749. The number of nitrogens with zero attached hydrogens (tertiary/aromatic N) is 2. The molecule has 1 N–H and O–H groups in total. The number of H-pyrrole nitrogens is 1. The zero-order valence-electron chi connectivity index (χ0n) is 11.2. The second kappa shape index (κ2) is 6.47. The second-order valence-electron chi connectivity index (χ2n) is 4.01. The molecule has 0 aliphatic carbocycles. The molecule has 0 atom stereocenters.